The van der Waals surface area contributed by atoms with E-state index in [4.69, 9.17) is 11.6 Å². The van der Waals surface area contributed by atoms with Crippen molar-refractivity contribution in [1.82, 2.24) is 5.32 Å². The molecular weight excluding hydrogens is 186 g/mol. The zero-order valence-corrected chi connectivity index (χ0v) is 8.73. The van der Waals surface area contributed by atoms with Crippen LogP contribution < -0.4 is 5.32 Å². The molecule has 0 amide bonds. The molecule has 2 fully saturated rings. The summed E-state index contributed by atoms with van der Waals surface area (Å²) >= 11 is 6.38. The minimum absolute atomic E-state index is 0.221. The number of alkyl halides is 1. The molecule has 1 aliphatic carbocycles. The molecule has 2 rings (SSSR count). The van der Waals surface area contributed by atoms with E-state index in [1.54, 1.807) is 0 Å². The van der Waals surface area contributed by atoms with Crippen molar-refractivity contribution in [2.45, 2.75) is 56.0 Å². The van der Waals surface area contributed by atoms with Crippen LogP contribution in [0.3, 0.4) is 0 Å². The van der Waals surface area contributed by atoms with E-state index in [1.807, 2.05) is 0 Å². The zero-order chi connectivity index (χ0) is 9.47. The van der Waals surface area contributed by atoms with Crippen LogP contribution in [0, 0.1) is 0 Å². The van der Waals surface area contributed by atoms with Crippen LogP contribution in [-0.4, -0.2) is 22.7 Å². The average Bonchev–Trinajstić information content (AvgIpc) is 2.07. The molecule has 74 valence electrons. The summed E-state index contributed by atoms with van der Waals surface area (Å²) in [6.07, 6.45) is 4.81. The molecule has 0 spiro atoms. The van der Waals surface area contributed by atoms with Crippen LogP contribution in [0.15, 0.2) is 0 Å². The number of carbonyl (C=O) groups is 1. The summed E-state index contributed by atoms with van der Waals surface area (Å²) in [5.74, 6) is 0.255. The molecule has 1 heterocycles. The van der Waals surface area contributed by atoms with Crippen LogP contribution in [0.2, 0.25) is 0 Å². The van der Waals surface area contributed by atoms with E-state index in [0.717, 1.165) is 19.3 Å². The Balaban J connectivity index is 2.20. The molecule has 0 aromatic heterocycles. The summed E-state index contributed by atoms with van der Waals surface area (Å²) in [5, 5.41) is 3.44. The Morgan fingerprint density at radius 3 is 3.08 bits per heavy atom. The minimum atomic E-state index is -0.565. The highest BCUT2D eigenvalue weighted by atomic mass is 35.5. The Kier molecular flexibility index (Phi) is 2.37. The van der Waals surface area contributed by atoms with E-state index >= 15 is 0 Å². The minimum Gasteiger partial charge on any atom is -0.309 e. The molecule has 0 bridgehead atoms. The zero-order valence-electron chi connectivity index (χ0n) is 7.98. The quantitative estimate of drug-likeness (QED) is 0.607. The normalized spacial score (nSPS) is 45.8. The first kappa shape index (κ1) is 9.47. The van der Waals surface area contributed by atoms with Gasteiger partial charge in [0.25, 0.3) is 0 Å². The lowest BCUT2D eigenvalue weighted by Gasteiger charge is -2.44. The largest absolute Gasteiger partial charge is 0.309 e. The Morgan fingerprint density at radius 1 is 1.54 bits per heavy atom. The van der Waals surface area contributed by atoms with Gasteiger partial charge in [0.15, 0.2) is 5.78 Å². The van der Waals surface area contributed by atoms with Gasteiger partial charge in [-0.1, -0.05) is 12.8 Å². The molecule has 0 aromatic rings. The van der Waals surface area contributed by atoms with Crippen molar-refractivity contribution in [3.05, 3.63) is 0 Å². The molecule has 3 atom stereocenters. The molecule has 3 heteroatoms. The maximum atomic E-state index is 11.8. The molecule has 1 aliphatic heterocycles. The molecule has 1 saturated carbocycles. The highest BCUT2D eigenvalue weighted by Gasteiger charge is 2.48. The summed E-state index contributed by atoms with van der Waals surface area (Å²) in [6, 6.07) is 0.529. The second-order valence-electron chi connectivity index (χ2n) is 4.36. The van der Waals surface area contributed by atoms with Crippen molar-refractivity contribution >= 4 is 17.4 Å². The van der Waals surface area contributed by atoms with Gasteiger partial charge in [0.1, 0.15) is 4.87 Å². The highest BCUT2D eigenvalue weighted by Crippen LogP contribution is 2.39. The maximum Gasteiger partial charge on any atom is 0.156 e. The highest BCUT2D eigenvalue weighted by molar-refractivity contribution is 6.36. The maximum absolute atomic E-state index is 11.8. The second kappa shape index (κ2) is 3.25. The molecule has 13 heavy (non-hydrogen) atoms. The second-order valence-corrected chi connectivity index (χ2v) is 5.03. The Bertz CT molecular complexity index is 231. The molecule has 1 N–H and O–H groups in total. The Labute approximate surface area is 84.0 Å². The fourth-order valence-corrected chi connectivity index (χ4v) is 2.92. The fraction of sp³-hybridized carbons (Fsp3) is 0.900. The van der Waals surface area contributed by atoms with E-state index in [1.165, 1.54) is 6.42 Å². The monoisotopic (exact) mass is 201 g/mol. The van der Waals surface area contributed by atoms with Gasteiger partial charge in [-0.3, -0.25) is 4.79 Å². The van der Waals surface area contributed by atoms with Gasteiger partial charge in [0, 0.05) is 18.5 Å². The smallest absolute Gasteiger partial charge is 0.156 e. The van der Waals surface area contributed by atoms with Gasteiger partial charge in [0.2, 0.25) is 0 Å². The number of hydrogen-bond acceptors (Lipinski definition) is 2. The van der Waals surface area contributed by atoms with Crippen molar-refractivity contribution in [3.63, 3.8) is 0 Å². The molecule has 0 unspecified atom stereocenters. The molecule has 0 radical (unpaired) electrons. The predicted octanol–water partition coefficient (Wildman–Crippen LogP) is 1.86. The number of carbonyl (C=O) groups excluding carboxylic acids is 1. The SMILES string of the molecule is C[C@@H]1CC(=O)[C@@]2(Cl)CCCC[C@@H]2N1. The number of hydrogen-bond donors (Lipinski definition) is 1. The number of nitrogens with one attached hydrogen (secondary N) is 1. The van der Waals surface area contributed by atoms with Crippen molar-refractivity contribution in [2.75, 3.05) is 0 Å². The van der Waals surface area contributed by atoms with Crippen LogP contribution in [-0.2, 0) is 4.79 Å². The number of Topliss-reactive ketones (excluding diaryl/α,β-unsaturated/α-hetero) is 1. The lowest BCUT2D eigenvalue weighted by molar-refractivity contribution is -0.125. The van der Waals surface area contributed by atoms with E-state index in [9.17, 15) is 4.79 Å². The first-order chi connectivity index (χ1) is 6.13. The van der Waals surface area contributed by atoms with E-state index < -0.39 is 4.87 Å². The van der Waals surface area contributed by atoms with Crippen LogP contribution in [0.1, 0.15) is 39.0 Å². The van der Waals surface area contributed by atoms with Crippen molar-refractivity contribution in [1.29, 1.82) is 0 Å². The van der Waals surface area contributed by atoms with Gasteiger partial charge >= 0.3 is 0 Å². The molecular formula is C10H16ClNO. The summed E-state index contributed by atoms with van der Waals surface area (Å²) < 4.78 is 0. The third-order valence-electron chi connectivity index (χ3n) is 3.28. The summed E-state index contributed by atoms with van der Waals surface area (Å²) in [4.78, 5) is 11.2. The van der Waals surface area contributed by atoms with Gasteiger partial charge in [-0.15, -0.1) is 11.6 Å². The van der Waals surface area contributed by atoms with Crippen LogP contribution in [0.5, 0.6) is 0 Å². The van der Waals surface area contributed by atoms with Crippen molar-refractivity contribution in [3.8, 4) is 0 Å². The lowest BCUT2D eigenvalue weighted by atomic mass is 9.76. The molecule has 1 saturated heterocycles. The van der Waals surface area contributed by atoms with E-state index in [2.05, 4.69) is 12.2 Å². The molecule has 0 aromatic carbocycles. The summed E-state index contributed by atoms with van der Waals surface area (Å²) in [6.45, 7) is 2.06. The van der Waals surface area contributed by atoms with Crippen LogP contribution in [0.4, 0.5) is 0 Å². The number of piperidine rings is 1. The van der Waals surface area contributed by atoms with Gasteiger partial charge in [0.05, 0.1) is 0 Å². The number of ketones is 1. The number of fused-ring (bicyclic) bond motifs is 1. The third kappa shape index (κ3) is 1.50. The standard InChI is InChI=1S/C10H16ClNO/c1-7-6-9(13)10(11)5-3-2-4-8(10)12-7/h7-8,12H,2-6H2,1H3/t7-,8+,10-/m1/s1. The van der Waals surface area contributed by atoms with Gasteiger partial charge in [-0.25, -0.2) is 0 Å². The first-order valence-electron chi connectivity index (χ1n) is 5.11. The van der Waals surface area contributed by atoms with Crippen LogP contribution >= 0.6 is 11.6 Å². The lowest BCUT2D eigenvalue weighted by Crippen LogP contribution is -2.61. The molecule has 2 aliphatic rings. The summed E-state index contributed by atoms with van der Waals surface area (Å²) in [7, 11) is 0. The van der Waals surface area contributed by atoms with E-state index in [-0.39, 0.29) is 11.8 Å². The van der Waals surface area contributed by atoms with Crippen LogP contribution in [0.25, 0.3) is 0 Å². The van der Waals surface area contributed by atoms with Gasteiger partial charge < -0.3 is 5.32 Å². The fourth-order valence-electron chi connectivity index (χ4n) is 2.53. The van der Waals surface area contributed by atoms with Crippen molar-refractivity contribution in [2.24, 2.45) is 0 Å². The third-order valence-corrected chi connectivity index (χ3v) is 3.94. The average molecular weight is 202 g/mol. The van der Waals surface area contributed by atoms with Gasteiger partial charge in [-0.05, 0) is 19.8 Å². The number of rotatable bonds is 0. The Morgan fingerprint density at radius 2 is 2.31 bits per heavy atom. The van der Waals surface area contributed by atoms with E-state index in [0.29, 0.717) is 12.5 Å². The molecule has 2 nitrogen and oxygen atoms in total. The topological polar surface area (TPSA) is 29.1 Å². The Hall–Kier alpha value is -0.0800. The predicted molar refractivity (Wildman–Crippen MR) is 53.1 cm³/mol. The summed E-state index contributed by atoms with van der Waals surface area (Å²) in [5.41, 5.74) is 0. The number of halogens is 1. The van der Waals surface area contributed by atoms with Crippen molar-refractivity contribution < 1.29 is 4.79 Å². The van der Waals surface area contributed by atoms with Gasteiger partial charge in [-0.2, -0.15) is 0 Å². The first-order valence-corrected chi connectivity index (χ1v) is 5.49.